The normalized spacial score (nSPS) is 18.2. The van der Waals surface area contributed by atoms with Gasteiger partial charge in [-0.1, -0.05) is 20.8 Å². The van der Waals surface area contributed by atoms with Gasteiger partial charge in [0.25, 0.3) is 0 Å². The zero-order valence-electron chi connectivity index (χ0n) is 22.7. The number of hydrogen-bond donors (Lipinski definition) is 0. The van der Waals surface area contributed by atoms with E-state index in [2.05, 4.69) is 20.8 Å². The highest BCUT2D eigenvalue weighted by molar-refractivity contribution is 6.87. The Balaban J connectivity index is 6.19. The molecule has 0 aromatic heterocycles. The van der Waals surface area contributed by atoms with Gasteiger partial charge in [0.2, 0.25) is 0 Å². The Bertz CT molecular complexity index is 450. The maximum Gasteiger partial charge on any atom is 0.355 e. The summed E-state index contributed by atoms with van der Waals surface area (Å²) in [4.78, 5) is 0. The molecule has 0 amide bonds. The van der Waals surface area contributed by atoms with Crippen LogP contribution in [0.5, 0.6) is 0 Å². The van der Waals surface area contributed by atoms with E-state index < -0.39 is 25.7 Å². The van der Waals surface area contributed by atoms with E-state index >= 15 is 0 Å². The van der Waals surface area contributed by atoms with E-state index in [1.165, 1.54) is 0 Å². The van der Waals surface area contributed by atoms with Crippen LogP contribution >= 0.6 is 0 Å². The Morgan fingerprint density at radius 3 is 0.969 bits per heavy atom. The van der Waals surface area contributed by atoms with Gasteiger partial charge >= 0.3 is 25.7 Å². The van der Waals surface area contributed by atoms with Crippen LogP contribution in [-0.4, -0.2) is 75.9 Å². The van der Waals surface area contributed by atoms with Crippen LogP contribution < -0.4 is 0 Å². The Hall–Kier alpha value is 0.371. The molecule has 0 aromatic carbocycles. The van der Waals surface area contributed by atoms with E-state index in [1.807, 2.05) is 55.4 Å². The third-order valence-corrected chi connectivity index (χ3v) is 17.7. The fourth-order valence-electron chi connectivity index (χ4n) is 3.16. The molecule has 2 unspecified atom stereocenters. The summed E-state index contributed by atoms with van der Waals surface area (Å²) in [7, 11) is -8.23. The molecule has 10 heteroatoms. The lowest BCUT2D eigenvalue weighted by Gasteiger charge is -2.44. The van der Waals surface area contributed by atoms with Gasteiger partial charge in [0.05, 0.1) is 37.0 Å². The first-order valence-corrected chi connectivity index (χ1v) is 19.2. The SMILES string of the molecule is CCO[Si](CC)(COC(C)C)O[Si](CC)(COC(C)C)O[Si](CC)(COC(C)C)OCC. The lowest BCUT2D eigenvalue weighted by Crippen LogP contribution is -2.65. The van der Waals surface area contributed by atoms with E-state index in [4.69, 9.17) is 31.3 Å². The van der Waals surface area contributed by atoms with Gasteiger partial charge in [0, 0.05) is 13.2 Å². The third-order valence-electron chi connectivity index (χ3n) is 5.08. The van der Waals surface area contributed by atoms with E-state index in [0.29, 0.717) is 31.9 Å². The van der Waals surface area contributed by atoms with E-state index in [9.17, 15) is 0 Å². The minimum absolute atomic E-state index is 0.0778. The summed E-state index contributed by atoms with van der Waals surface area (Å²) >= 11 is 0. The molecule has 0 aliphatic carbocycles. The Morgan fingerprint density at radius 1 is 0.469 bits per heavy atom. The molecular formula is C22H52O7Si3. The molecule has 0 radical (unpaired) electrons. The minimum atomic E-state index is -2.87. The van der Waals surface area contributed by atoms with Crippen molar-refractivity contribution >= 4 is 25.7 Å². The summed E-state index contributed by atoms with van der Waals surface area (Å²) in [6.45, 7) is 23.8. The van der Waals surface area contributed by atoms with Crippen LogP contribution in [0.2, 0.25) is 18.1 Å². The molecule has 0 saturated carbocycles. The lowest BCUT2D eigenvalue weighted by molar-refractivity contribution is 0.0572. The minimum Gasteiger partial charge on any atom is -0.412 e. The van der Waals surface area contributed by atoms with Gasteiger partial charge in [0.15, 0.2) is 0 Å². The van der Waals surface area contributed by atoms with Crippen molar-refractivity contribution in [2.24, 2.45) is 0 Å². The van der Waals surface area contributed by atoms with E-state index in [-0.39, 0.29) is 18.3 Å². The largest absolute Gasteiger partial charge is 0.412 e. The van der Waals surface area contributed by atoms with Crippen LogP contribution in [0.1, 0.15) is 76.2 Å². The molecule has 0 saturated heterocycles. The molecular weight excluding hydrogens is 460 g/mol. The summed E-state index contributed by atoms with van der Waals surface area (Å²) in [6, 6.07) is 2.31. The van der Waals surface area contributed by atoms with Gasteiger partial charge in [0.1, 0.15) is 0 Å². The topological polar surface area (TPSA) is 64.6 Å². The molecule has 0 aromatic rings. The number of hydrogen-bond acceptors (Lipinski definition) is 7. The second kappa shape index (κ2) is 16.1. The Labute approximate surface area is 201 Å². The van der Waals surface area contributed by atoms with Crippen molar-refractivity contribution in [3.05, 3.63) is 0 Å². The maximum atomic E-state index is 7.06. The molecule has 0 N–H and O–H groups in total. The molecule has 0 heterocycles. The molecule has 7 nitrogen and oxygen atoms in total. The smallest absolute Gasteiger partial charge is 0.355 e. The third kappa shape index (κ3) is 11.7. The highest BCUT2D eigenvalue weighted by Gasteiger charge is 2.53. The van der Waals surface area contributed by atoms with Gasteiger partial charge in [-0.3, -0.25) is 0 Å². The molecule has 0 spiro atoms. The van der Waals surface area contributed by atoms with Crippen molar-refractivity contribution < 1.29 is 31.3 Å². The van der Waals surface area contributed by atoms with Gasteiger partial charge in [-0.15, -0.1) is 0 Å². The molecule has 2 atom stereocenters. The summed E-state index contributed by atoms with van der Waals surface area (Å²) in [5.74, 6) is 0. The van der Waals surface area contributed by atoms with Crippen LogP contribution in [0.15, 0.2) is 0 Å². The zero-order chi connectivity index (χ0) is 24.8. The molecule has 194 valence electrons. The molecule has 0 aliphatic rings. The molecule has 0 bridgehead atoms. The van der Waals surface area contributed by atoms with Crippen LogP contribution in [-0.2, 0) is 31.3 Å². The summed E-state index contributed by atoms with van der Waals surface area (Å²) in [6.07, 6.45) is 1.69. The predicted molar refractivity (Wildman–Crippen MR) is 137 cm³/mol. The lowest BCUT2D eigenvalue weighted by atomic mass is 10.5. The van der Waals surface area contributed by atoms with Gasteiger partial charge < -0.3 is 31.3 Å². The fourth-order valence-corrected chi connectivity index (χ4v) is 16.9. The number of ether oxygens (including phenoxy) is 3. The monoisotopic (exact) mass is 512 g/mol. The standard InChI is InChI=1S/C22H52O7Si3/c1-12-26-30(14-3,17-23-20(6)7)28-32(16-5,19-25-22(10)11)29-31(15-4,27-13-2)18-24-21(8)9/h20-22H,12-19H2,1-11H3. The van der Waals surface area contributed by atoms with Gasteiger partial charge in [-0.25, -0.2) is 0 Å². The second-order valence-electron chi connectivity index (χ2n) is 8.94. The van der Waals surface area contributed by atoms with Crippen molar-refractivity contribution in [3.8, 4) is 0 Å². The fraction of sp³-hybridized carbons (Fsp3) is 1.00. The first-order valence-electron chi connectivity index (χ1n) is 12.5. The van der Waals surface area contributed by atoms with Crippen LogP contribution in [0, 0.1) is 0 Å². The van der Waals surface area contributed by atoms with Crippen molar-refractivity contribution in [1.82, 2.24) is 0 Å². The highest BCUT2D eigenvalue weighted by atomic mass is 28.5. The average molecular weight is 513 g/mol. The quantitative estimate of drug-likeness (QED) is 0.203. The van der Waals surface area contributed by atoms with Crippen molar-refractivity contribution in [2.45, 2.75) is 113 Å². The number of rotatable bonds is 20. The first-order chi connectivity index (χ1) is 15.0. The van der Waals surface area contributed by atoms with E-state index in [0.717, 1.165) is 18.1 Å². The van der Waals surface area contributed by atoms with Crippen molar-refractivity contribution in [2.75, 3.05) is 31.9 Å². The van der Waals surface area contributed by atoms with Crippen LogP contribution in [0.25, 0.3) is 0 Å². The molecule has 0 aliphatic heterocycles. The Kier molecular flexibility index (Phi) is 16.3. The zero-order valence-corrected chi connectivity index (χ0v) is 25.7. The predicted octanol–water partition coefficient (Wildman–Crippen LogP) is 5.37. The van der Waals surface area contributed by atoms with E-state index in [1.54, 1.807) is 0 Å². The van der Waals surface area contributed by atoms with Crippen molar-refractivity contribution in [3.63, 3.8) is 0 Å². The summed E-state index contributed by atoms with van der Waals surface area (Å²) < 4.78 is 45.0. The Morgan fingerprint density at radius 2 is 0.750 bits per heavy atom. The summed E-state index contributed by atoms with van der Waals surface area (Å²) in [5, 5.41) is 0. The first kappa shape index (κ1) is 32.4. The van der Waals surface area contributed by atoms with Crippen molar-refractivity contribution in [1.29, 1.82) is 0 Å². The molecule has 32 heavy (non-hydrogen) atoms. The second-order valence-corrected chi connectivity index (χ2v) is 19.6. The molecule has 0 rings (SSSR count). The van der Waals surface area contributed by atoms with Gasteiger partial charge in [-0.05, 0) is 73.5 Å². The highest BCUT2D eigenvalue weighted by Crippen LogP contribution is 2.30. The van der Waals surface area contributed by atoms with Gasteiger partial charge in [-0.2, -0.15) is 0 Å². The summed E-state index contributed by atoms with van der Waals surface area (Å²) in [5.41, 5.74) is 0. The van der Waals surface area contributed by atoms with Crippen LogP contribution in [0.4, 0.5) is 0 Å². The maximum absolute atomic E-state index is 7.06. The van der Waals surface area contributed by atoms with Crippen LogP contribution in [0.3, 0.4) is 0 Å². The average Bonchev–Trinajstić information content (AvgIpc) is 2.74. The molecule has 0 fully saturated rings.